The van der Waals surface area contributed by atoms with Crippen molar-refractivity contribution in [1.82, 2.24) is 9.88 Å². The first-order valence-electron chi connectivity index (χ1n) is 11.5. The van der Waals surface area contributed by atoms with Gasteiger partial charge in [0.25, 0.3) is 5.91 Å². The molecule has 2 aromatic carbocycles. The van der Waals surface area contributed by atoms with Crippen LogP contribution in [0.1, 0.15) is 26.3 Å². The van der Waals surface area contributed by atoms with E-state index in [0.29, 0.717) is 29.8 Å². The molecule has 3 aromatic rings. The van der Waals surface area contributed by atoms with Crippen molar-refractivity contribution in [3.05, 3.63) is 48.0 Å². The molecule has 0 spiro atoms. The number of aromatic nitrogens is 1. The summed E-state index contributed by atoms with van der Waals surface area (Å²) in [7, 11) is 3.19. The number of anilines is 1. The standard InChI is InChI=1S/C26H33N3O4S/c1-6-28(7-2)16-17-29(26-27-25-21(33-8-3)10-9-11-23(25)34-26)24(30)15-13-19-12-14-20(31-4)22(18-19)32-5/h9-15,18H,6-8,16-17H2,1-5H3/b15-13+. The zero-order valence-corrected chi connectivity index (χ0v) is 21.4. The van der Waals surface area contributed by atoms with Crippen LogP contribution in [0.5, 0.6) is 17.2 Å². The predicted octanol–water partition coefficient (Wildman–Crippen LogP) is 5.10. The van der Waals surface area contributed by atoms with E-state index in [4.69, 9.17) is 19.2 Å². The van der Waals surface area contributed by atoms with Gasteiger partial charge in [0.05, 0.1) is 25.5 Å². The van der Waals surface area contributed by atoms with Gasteiger partial charge in [-0.05, 0) is 55.9 Å². The van der Waals surface area contributed by atoms with Crippen molar-refractivity contribution in [2.45, 2.75) is 20.8 Å². The first kappa shape index (κ1) is 25.5. The lowest BCUT2D eigenvalue weighted by molar-refractivity contribution is -0.114. The maximum atomic E-state index is 13.4. The zero-order valence-electron chi connectivity index (χ0n) is 20.5. The van der Waals surface area contributed by atoms with E-state index in [0.717, 1.165) is 41.2 Å². The summed E-state index contributed by atoms with van der Waals surface area (Å²) in [6.07, 6.45) is 3.37. The molecule has 182 valence electrons. The van der Waals surface area contributed by atoms with Crippen LogP contribution >= 0.6 is 11.3 Å². The number of fused-ring (bicyclic) bond motifs is 1. The van der Waals surface area contributed by atoms with E-state index in [2.05, 4.69) is 18.7 Å². The van der Waals surface area contributed by atoms with Gasteiger partial charge in [0.15, 0.2) is 16.6 Å². The summed E-state index contributed by atoms with van der Waals surface area (Å²) in [6, 6.07) is 11.4. The second-order valence-corrected chi connectivity index (χ2v) is 8.51. The molecule has 0 aliphatic rings. The van der Waals surface area contributed by atoms with Gasteiger partial charge in [-0.15, -0.1) is 0 Å². The number of likely N-dealkylation sites (N-methyl/N-ethyl adjacent to an activating group) is 1. The molecule has 0 fully saturated rings. The molecule has 3 rings (SSSR count). The van der Waals surface area contributed by atoms with E-state index < -0.39 is 0 Å². The van der Waals surface area contributed by atoms with Crippen LogP contribution in [-0.4, -0.2) is 62.8 Å². The van der Waals surface area contributed by atoms with E-state index in [1.807, 2.05) is 43.3 Å². The number of para-hydroxylation sites is 1. The van der Waals surface area contributed by atoms with Gasteiger partial charge in [-0.3, -0.25) is 9.69 Å². The number of ether oxygens (including phenoxy) is 3. The summed E-state index contributed by atoms with van der Waals surface area (Å²) in [5, 5.41) is 0.663. The lowest BCUT2D eigenvalue weighted by atomic mass is 10.2. The summed E-state index contributed by atoms with van der Waals surface area (Å²) < 4.78 is 17.4. The summed E-state index contributed by atoms with van der Waals surface area (Å²) in [5.41, 5.74) is 1.63. The van der Waals surface area contributed by atoms with Gasteiger partial charge in [-0.2, -0.15) is 0 Å². The van der Waals surface area contributed by atoms with E-state index >= 15 is 0 Å². The van der Waals surface area contributed by atoms with E-state index in [1.165, 1.54) is 11.3 Å². The third-order valence-corrected chi connectivity index (χ3v) is 6.57. The van der Waals surface area contributed by atoms with Crippen molar-refractivity contribution >= 4 is 38.7 Å². The highest BCUT2D eigenvalue weighted by Crippen LogP contribution is 2.34. The highest BCUT2D eigenvalue weighted by atomic mass is 32.1. The minimum atomic E-state index is -0.126. The largest absolute Gasteiger partial charge is 0.493 e. The average molecular weight is 484 g/mol. The maximum absolute atomic E-state index is 13.4. The molecule has 1 aromatic heterocycles. The molecule has 0 unspecified atom stereocenters. The minimum absolute atomic E-state index is 0.126. The van der Waals surface area contributed by atoms with Crippen molar-refractivity contribution in [3.63, 3.8) is 0 Å². The summed E-state index contributed by atoms with van der Waals surface area (Å²) in [6.45, 7) is 9.91. The fraction of sp³-hybridized carbons (Fsp3) is 0.385. The molecule has 34 heavy (non-hydrogen) atoms. The quantitative estimate of drug-likeness (QED) is 0.334. The smallest absolute Gasteiger partial charge is 0.252 e. The number of thiazole rings is 1. The van der Waals surface area contributed by atoms with E-state index in [1.54, 1.807) is 31.3 Å². The molecule has 0 N–H and O–H groups in total. The molecule has 0 atom stereocenters. The Labute approximate surface area is 205 Å². The van der Waals surface area contributed by atoms with Crippen LogP contribution < -0.4 is 19.1 Å². The molecule has 1 amide bonds. The van der Waals surface area contributed by atoms with Crippen LogP contribution in [0.2, 0.25) is 0 Å². The van der Waals surface area contributed by atoms with Gasteiger partial charge in [-0.25, -0.2) is 4.98 Å². The first-order valence-corrected chi connectivity index (χ1v) is 12.3. The summed E-state index contributed by atoms with van der Waals surface area (Å²) in [4.78, 5) is 22.2. The summed E-state index contributed by atoms with van der Waals surface area (Å²) in [5.74, 6) is 1.87. The Kier molecular flexibility index (Phi) is 9.30. The van der Waals surface area contributed by atoms with Crippen molar-refractivity contribution in [2.24, 2.45) is 0 Å². The van der Waals surface area contributed by atoms with Gasteiger partial charge in [0, 0.05) is 19.2 Å². The first-order chi connectivity index (χ1) is 16.5. The Bertz CT molecular complexity index is 1120. The number of carbonyl (C=O) groups excluding carboxylic acids is 1. The second kappa shape index (κ2) is 12.4. The number of amides is 1. The number of nitrogens with zero attached hydrogens (tertiary/aromatic N) is 3. The zero-order chi connectivity index (χ0) is 24.5. The van der Waals surface area contributed by atoms with Crippen molar-refractivity contribution in [1.29, 1.82) is 0 Å². The van der Waals surface area contributed by atoms with Gasteiger partial charge in [-0.1, -0.05) is 37.3 Å². The van der Waals surface area contributed by atoms with Crippen LogP contribution in [0.3, 0.4) is 0 Å². The molecule has 0 aliphatic heterocycles. The minimum Gasteiger partial charge on any atom is -0.493 e. The fourth-order valence-corrected chi connectivity index (χ4v) is 4.61. The molecular formula is C26H33N3O4S. The molecular weight excluding hydrogens is 450 g/mol. The van der Waals surface area contributed by atoms with Crippen LogP contribution in [-0.2, 0) is 4.79 Å². The lowest BCUT2D eigenvalue weighted by Crippen LogP contribution is -2.38. The van der Waals surface area contributed by atoms with E-state index in [9.17, 15) is 4.79 Å². The van der Waals surface area contributed by atoms with Crippen LogP contribution in [0.25, 0.3) is 16.3 Å². The third kappa shape index (κ3) is 6.07. The molecule has 1 heterocycles. The van der Waals surface area contributed by atoms with Crippen LogP contribution in [0.15, 0.2) is 42.5 Å². The second-order valence-electron chi connectivity index (χ2n) is 7.50. The number of carbonyl (C=O) groups is 1. The van der Waals surface area contributed by atoms with Gasteiger partial charge >= 0.3 is 0 Å². The predicted molar refractivity (Wildman–Crippen MR) is 140 cm³/mol. The molecule has 0 saturated heterocycles. The number of hydrogen-bond acceptors (Lipinski definition) is 7. The SMILES string of the molecule is CCOc1cccc2sc(N(CCN(CC)CC)C(=O)/C=C/c3ccc(OC)c(OC)c3)nc12. The fourth-order valence-electron chi connectivity index (χ4n) is 3.59. The van der Waals surface area contributed by atoms with Crippen molar-refractivity contribution < 1.29 is 19.0 Å². The normalized spacial score (nSPS) is 11.4. The monoisotopic (exact) mass is 483 g/mol. The number of rotatable bonds is 12. The number of benzene rings is 2. The van der Waals surface area contributed by atoms with Gasteiger partial charge in [0.1, 0.15) is 11.3 Å². The molecule has 8 heteroatoms. The van der Waals surface area contributed by atoms with Gasteiger partial charge in [0.2, 0.25) is 0 Å². The third-order valence-electron chi connectivity index (χ3n) is 5.53. The van der Waals surface area contributed by atoms with Crippen LogP contribution in [0.4, 0.5) is 5.13 Å². The summed E-state index contributed by atoms with van der Waals surface area (Å²) >= 11 is 1.50. The topological polar surface area (TPSA) is 64.1 Å². The van der Waals surface area contributed by atoms with Crippen LogP contribution in [0, 0.1) is 0 Å². The Morgan fingerprint density at radius 2 is 1.76 bits per heavy atom. The highest BCUT2D eigenvalue weighted by molar-refractivity contribution is 7.22. The Balaban J connectivity index is 1.91. The Morgan fingerprint density at radius 3 is 2.44 bits per heavy atom. The average Bonchev–Trinajstić information content (AvgIpc) is 3.30. The number of hydrogen-bond donors (Lipinski definition) is 0. The number of methoxy groups -OCH3 is 2. The Hall–Kier alpha value is -3.10. The molecule has 0 bridgehead atoms. The highest BCUT2D eigenvalue weighted by Gasteiger charge is 2.20. The molecule has 0 aliphatic carbocycles. The van der Waals surface area contributed by atoms with E-state index in [-0.39, 0.29) is 5.91 Å². The maximum Gasteiger partial charge on any atom is 0.252 e. The van der Waals surface area contributed by atoms with Crippen molar-refractivity contribution in [2.75, 3.05) is 51.9 Å². The van der Waals surface area contributed by atoms with Crippen molar-refractivity contribution in [3.8, 4) is 17.2 Å². The van der Waals surface area contributed by atoms with Gasteiger partial charge < -0.3 is 19.1 Å². The Morgan fingerprint density at radius 1 is 1.00 bits per heavy atom. The molecule has 0 radical (unpaired) electrons. The molecule has 7 nitrogen and oxygen atoms in total. The molecule has 0 saturated carbocycles. The lowest BCUT2D eigenvalue weighted by Gasteiger charge is -2.23.